The van der Waals surface area contributed by atoms with E-state index in [4.69, 9.17) is 0 Å². The number of anilines is 1. The maximum Gasteiger partial charge on any atom is 0.267 e. The van der Waals surface area contributed by atoms with E-state index >= 15 is 0 Å². The first-order chi connectivity index (χ1) is 14.9. The summed E-state index contributed by atoms with van der Waals surface area (Å²) in [5.74, 6) is -0.0814. The van der Waals surface area contributed by atoms with E-state index in [-0.39, 0.29) is 11.5 Å². The largest absolute Gasteiger partial charge is 0.368 e. The summed E-state index contributed by atoms with van der Waals surface area (Å²) in [4.78, 5) is 33.8. The van der Waals surface area contributed by atoms with Gasteiger partial charge < -0.3 is 9.80 Å². The lowest BCUT2D eigenvalue weighted by atomic mass is 10.1. The molecule has 1 unspecified atom stereocenters. The van der Waals surface area contributed by atoms with Crippen LogP contribution in [0.1, 0.15) is 24.1 Å². The van der Waals surface area contributed by atoms with E-state index in [0.717, 1.165) is 18.7 Å². The molecule has 1 amide bonds. The Labute approximate surface area is 182 Å². The Morgan fingerprint density at radius 3 is 2.39 bits per heavy atom. The molecule has 7 nitrogen and oxygen atoms in total. The van der Waals surface area contributed by atoms with Crippen LogP contribution in [0.15, 0.2) is 59.7 Å². The monoisotopic (exact) mass is 417 g/mol. The smallest absolute Gasteiger partial charge is 0.267 e. The molecule has 0 aliphatic carbocycles. The van der Waals surface area contributed by atoms with Gasteiger partial charge in [0.25, 0.3) is 5.56 Å². The van der Waals surface area contributed by atoms with Crippen molar-refractivity contribution in [2.24, 2.45) is 0 Å². The molecule has 1 aromatic carbocycles. The van der Waals surface area contributed by atoms with Crippen LogP contribution in [0, 0.1) is 13.8 Å². The highest BCUT2D eigenvalue weighted by Crippen LogP contribution is 2.23. The van der Waals surface area contributed by atoms with E-state index in [1.807, 2.05) is 17.0 Å². The first-order valence-corrected chi connectivity index (χ1v) is 10.6. The fourth-order valence-corrected chi connectivity index (χ4v) is 3.98. The number of hydrogen-bond acceptors (Lipinski definition) is 5. The Bertz CT molecular complexity index is 1130. The van der Waals surface area contributed by atoms with Crippen LogP contribution in [0.4, 0.5) is 5.69 Å². The molecule has 3 aromatic rings. The van der Waals surface area contributed by atoms with Gasteiger partial charge in [0.05, 0.1) is 5.69 Å². The third-order valence-electron chi connectivity index (χ3n) is 5.82. The zero-order valence-electron chi connectivity index (χ0n) is 18.2. The first-order valence-electron chi connectivity index (χ1n) is 10.6. The van der Waals surface area contributed by atoms with Crippen LogP contribution in [0.25, 0.3) is 11.3 Å². The van der Waals surface area contributed by atoms with Gasteiger partial charge in [0.1, 0.15) is 6.04 Å². The first kappa shape index (κ1) is 20.8. The third-order valence-corrected chi connectivity index (χ3v) is 5.82. The standard InChI is InChI=1S/C24H27N5O2/c1-17-4-5-18(2)22(16-17)27-12-14-28(15-13-27)24(31)19(3)29-23(30)7-6-21(26-29)20-8-10-25-11-9-20/h4-11,16,19H,12-15H2,1-3H3. The molecule has 1 saturated heterocycles. The summed E-state index contributed by atoms with van der Waals surface area (Å²) in [6, 6.07) is 12.6. The second-order valence-corrected chi connectivity index (χ2v) is 8.02. The minimum Gasteiger partial charge on any atom is -0.368 e. The van der Waals surface area contributed by atoms with Crippen LogP contribution in [0.2, 0.25) is 0 Å². The lowest BCUT2D eigenvalue weighted by molar-refractivity contribution is -0.135. The van der Waals surface area contributed by atoms with Gasteiger partial charge in [0.15, 0.2) is 0 Å². The molecule has 1 aliphatic heterocycles. The Kier molecular flexibility index (Phi) is 5.84. The van der Waals surface area contributed by atoms with E-state index in [1.54, 1.807) is 25.4 Å². The number of carbonyl (C=O) groups excluding carboxylic acids is 1. The van der Waals surface area contributed by atoms with Gasteiger partial charge in [-0.1, -0.05) is 12.1 Å². The Balaban J connectivity index is 1.48. The second kappa shape index (κ2) is 8.71. The second-order valence-electron chi connectivity index (χ2n) is 8.02. The summed E-state index contributed by atoms with van der Waals surface area (Å²) in [6.45, 7) is 8.72. The van der Waals surface area contributed by atoms with Crippen LogP contribution in [0.3, 0.4) is 0 Å². The number of rotatable bonds is 4. The number of aryl methyl sites for hydroxylation is 2. The number of aromatic nitrogens is 3. The maximum absolute atomic E-state index is 13.2. The lowest BCUT2D eigenvalue weighted by Gasteiger charge is -2.38. The van der Waals surface area contributed by atoms with Crippen molar-refractivity contribution in [1.82, 2.24) is 19.7 Å². The highest BCUT2D eigenvalue weighted by molar-refractivity contribution is 5.80. The van der Waals surface area contributed by atoms with E-state index < -0.39 is 6.04 Å². The highest BCUT2D eigenvalue weighted by Gasteiger charge is 2.27. The number of amides is 1. The van der Waals surface area contributed by atoms with Crippen LogP contribution in [0.5, 0.6) is 0 Å². The highest BCUT2D eigenvalue weighted by atomic mass is 16.2. The van der Waals surface area contributed by atoms with Gasteiger partial charge in [-0.25, -0.2) is 4.68 Å². The van der Waals surface area contributed by atoms with Gasteiger partial charge in [-0.3, -0.25) is 14.6 Å². The molecule has 4 rings (SSSR count). The predicted octanol–water partition coefficient (Wildman–Crippen LogP) is 2.83. The molecule has 0 radical (unpaired) electrons. The summed E-state index contributed by atoms with van der Waals surface area (Å²) in [7, 11) is 0. The molecule has 3 heterocycles. The minimum atomic E-state index is -0.665. The molecular weight excluding hydrogens is 390 g/mol. The molecule has 0 spiro atoms. The fraction of sp³-hybridized carbons (Fsp3) is 0.333. The summed E-state index contributed by atoms with van der Waals surface area (Å²) in [6.07, 6.45) is 3.35. The molecule has 2 aromatic heterocycles. The molecule has 1 atom stereocenters. The van der Waals surface area contributed by atoms with Crippen molar-refractivity contribution in [3.05, 3.63) is 76.3 Å². The molecule has 0 bridgehead atoms. The average Bonchev–Trinajstić information content (AvgIpc) is 2.81. The fourth-order valence-electron chi connectivity index (χ4n) is 3.98. The normalized spacial score (nSPS) is 15.1. The average molecular weight is 418 g/mol. The van der Waals surface area contributed by atoms with E-state index in [1.165, 1.54) is 27.6 Å². The van der Waals surface area contributed by atoms with Crippen molar-refractivity contribution >= 4 is 11.6 Å². The van der Waals surface area contributed by atoms with E-state index in [2.05, 4.69) is 47.0 Å². The number of nitrogens with zero attached hydrogens (tertiary/aromatic N) is 5. The summed E-state index contributed by atoms with van der Waals surface area (Å²) >= 11 is 0. The predicted molar refractivity (Wildman–Crippen MR) is 121 cm³/mol. The Morgan fingerprint density at radius 2 is 1.68 bits per heavy atom. The zero-order valence-corrected chi connectivity index (χ0v) is 18.2. The van der Waals surface area contributed by atoms with Crippen LogP contribution in [-0.2, 0) is 4.79 Å². The molecule has 160 valence electrons. The minimum absolute atomic E-state index is 0.0814. The number of piperazine rings is 1. The number of carbonyl (C=O) groups is 1. The molecule has 0 saturated carbocycles. The molecule has 0 N–H and O–H groups in total. The third kappa shape index (κ3) is 4.35. The van der Waals surface area contributed by atoms with Gasteiger partial charge in [0, 0.05) is 55.9 Å². The van der Waals surface area contributed by atoms with E-state index in [9.17, 15) is 9.59 Å². The van der Waals surface area contributed by atoms with Crippen molar-refractivity contribution in [2.75, 3.05) is 31.1 Å². The number of benzene rings is 1. The van der Waals surface area contributed by atoms with Gasteiger partial charge in [-0.2, -0.15) is 5.10 Å². The van der Waals surface area contributed by atoms with Crippen molar-refractivity contribution in [2.45, 2.75) is 26.8 Å². The van der Waals surface area contributed by atoms with Crippen LogP contribution in [-0.4, -0.2) is 51.8 Å². The number of pyridine rings is 1. The summed E-state index contributed by atoms with van der Waals surface area (Å²) < 4.78 is 1.29. The summed E-state index contributed by atoms with van der Waals surface area (Å²) in [5, 5.41) is 4.46. The van der Waals surface area contributed by atoms with Crippen molar-refractivity contribution in [1.29, 1.82) is 0 Å². The van der Waals surface area contributed by atoms with Gasteiger partial charge >= 0.3 is 0 Å². The quantitative estimate of drug-likeness (QED) is 0.653. The van der Waals surface area contributed by atoms with Gasteiger partial charge in [0.2, 0.25) is 5.91 Å². The molecule has 1 fully saturated rings. The molecule has 7 heteroatoms. The number of hydrogen-bond donors (Lipinski definition) is 0. The topological polar surface area (TPSA) is 71.3 Å². The molecule has 1 aliphatic rings. The Morgan fingerprint density at radius 1 is 0.968 bits per heavy atom. The van der Waals surface area contributed by atoms with Gasteiger partial charge in [-0.15, -0.1) is 0 Å². The van der Waals surface area contributed by atoms with E-state index in [0.29, 0.717) is 18.8 Å². The Hall–Kier alpha value is -3.48. The zero-order chi connectivity index (χ0) is 22.0. The molecule has 31 heavy (non-hydrogen) atoms. The van der Waals surface area contributed by atoms with Crippen LogP contribution >= 0.6 is 0 Å². The lowest BCUT2D eigenvalue weighted by Crippen LogP contribution is -2.51. The maximum atomic E-state index is 13.2. The SMILES string of the molecule is Cc1ccc(C)c(N2CCN(C(=O)C(C)n3nc(-c4ccncc4)ccc3=O)CC2)c1. The van der Waals surface area contributed by atoms with Crippen molar-refractivity contribution in [3.8, 4) is 11.3 Å². The van der Waals surface area contributed by atoms with Crippen molar-refractivity contribution < 1.29 is 4.79 Å². The van der Waals surface area contributed by atoms with Crippen molar-refractivity contribution in [3.63, 3.8) is 0 Å². The van der Waals surface area contributed by atoms with Crippen LogP contribution < -0.4 is 10.5 Å². The molecular formula is C24H27N5O2. The van der Waals surface area contributed by atoms with Gasteiger partial charge in [-0.05, 0) is 56.2 Å². The summed E-state index contributed by atoms with van der Waals surface area (Å²) in [5.41, 5.74) is 4.90.